The molecular formula is C18H20ClNOS. The maximum atomic E-state index is 12.1. The third-order valence-electron chi connectivity index (χ3n) is 3.46. The Morgan fingerprint density at radius 3 is 2.55 bits per heavy atom. The maximum absolute atomic E-state index is 12.1. The molecule has 0 heterocycles. The van der Waals surface area contributed by atoms with Crippen LogP contribution >= 0.6 is 23.4 Å². The summed E-state index contributed by atoms with van der Waals surface area (Å²) in [7, 11) is 0. The minimum Gasteiger partial charge on any atom is -0.349 e. The van der Waals surface area contributed by atoms with Crippen LogP contribution in [0.2, 0.25) is 5.02 Å². The number of thioether (sulfide) groups is 1. The molecule has 0 saturated carbocycles. The molecule has 2 rings (SSSR count). The standard InChI is InChI=1S/C18H20ClNOS/c1-12-4-5-13(2)17(10-12)14(3)20-18(21)11-22-16-8-6-15(19)7-9-16/h4-10,14H,11H2,1-3H3,(H,20,21)/t14-/m1/s1. The minimum absolute atomic E-state index is 0.0122. The molecule has 0 saturated heterocycles. The van der Waals surface area contributed by atoms with E-state index in [0.29, 0.717) is 10.8 Å². The molecule has 116 valence electrons. The van der Waals surface area contributed by atoms with Crippen molar-refractivity contribution in [1.29, 1.82) is 0 Å². The number of hydrogen-bond donors (Lipinski definition) is 1. The lowest BCUT2D eigenvalue weighted by Gasteiger charge is -2.17. The number of halogens is 1. The average Bonchev–Trinajstić information content (AvgIpc) is 2.49. The summed E-state index contributed by atoms with van der Waals surface area (Å²) in [5.74, 6) is 0.435. The molecule has 0 bridgehead atoms. The van der Waals surface area contributed by atoms with Crippen molar-refractivity contribution >= 4 is 29.3 Å². The highest BCUT2D eigenvalue weighted by atomic mass is 35.5. The Morgan fingerprint density at radius 1 is 1.18 bits per heavy atom. The van der Waals surface area contributed by atoms with E-state index < -0.39 is 0 Å². The van der Waals surface area contributed by atoms with Crippen molar-refractivity contribution in [3.63, 3.8) is 0 Å². The molecule has 2 aromatic carbocycles. The van der Waals surface area contributed by atoms with E-state index in [-0.39, 0.29) is 11.9 Å². The van der Waals surface area contributed by atoms with Crippen molar-refractivity contribution in [2.24, 2.45) is 0 Å². The molecule has 0 aliphatic heterocycles. The predicted octanol–water partition coefficient (Wildman–Crippen LogP) is 4.93. The third-order valence-corrected chi connectivity index (χ3v) is 4.73. The molecule has 0 fully saturated rings. The molecule has 0 radical (unpaired) electrons. The van der Waals surface area contributed by atoms with Gasteiger partial charge in [-0.15, -0.1) is 11.8 Å². The van der Waals surface area contributed by atoms with Crippen molar-refractivity contribution in [2.45, 2.75) is 31.7 Å². The lowest BCUT2D eigenvalue weighted by Crippen LogP contribution is -2.28. The molecule has 0 spiro atoms. The first-order valence-electron chi connectivity index (χ1n) is 7.20. The van der Waals surface area contributed by atoms with E-state index in [2.05, 4.69) is 37.4 Å². The van der Waals surface area contributed by atoms with Gasteiger partial charge in [0.25, 0.3) is 0 Å². The van der Waals surface area contributed by atoms with E-state index in [1.165, 1.54) is 28.5 Å². The van der Waals surface area contributed by atoms with Crippen LogP contribution in [0, 0.1) is 13.8 Å². The summed E-state index contributed by atoms with van der Waals surface area (Å²) in [5.41, 5.74) is 3.57. The molecule has 0 aliphatic carbocycles. The van der Waals surface area contributed by atoms with Gasteiger partial charge in [-0.3, -0.25) is 4.79 Å². The molecule has 4 heteroatoms. The minimum atomic E-state index is 0.0122. The summed E-state index contributed by atoms with van der Waals surface area (Å²) in [6.45, 7) is 6.15. The number of rotatable bonds is 5. The van der Waals surface area contributed by atoms with Crippen LogP contribution < -0.4 is 5.32 Å². The third kappa shape index (κ3) is 4.79. The summed E-state index contributed by atoms with van der Waals surface area (Å²) in [6.07, 6.45) is 0. The van der Waals surface area contributed by atoms with Crippen LogP contribution in [-0.4, -0.2) is 11.7 Å². The molecule has 1 N–H and O–H groups in total. The molecule has 1 amide bonds. The zero-order chi connectivity index (χ0) is 16.1. The Morgan fingerprint density at radius 2 is 1.86 bits per heavy atom. The number of carbonyl (C=O) groups is 1. The van der Waals surface area contributed by atoms with E-state index in [0.717, 1.165) is 4.90 Å². The Balaban J connectivity index is 1.91. The highest BCUT2D eigenvalue weighted by Crippen LogP contribution is 2.22. The van der Waals surface area contributed by atoms with Crippen LogP contribution in [0.15, 0.2) is 47.4 Å². The highest BCUT2D eigenvalue weighted by Gasteiger charge is 2.12. The molecule has 0 aliphatic rings. The van der Waals surface area contributed by atoms with Gasteiger partial charge in [0.15, 0.2) is 0 Å². The molecule has 22 heavy (non-hydrogen) atoms. The smallest absolute Gasteiger partial charge is 0.230 e. The van der Waals surface area contributed by atoms with Crippen LogP contribution in [0.3, 0.4) is 0 Å². The van der Waals surface area contributed by atoms with Crippen LogP contribution in [0.1, 0.15) is 29.7 Å². The fourth-order valence-corrected chi connectivity index (χ4v) is 3.10. The van der Waals surface area contributed by atoms with E-state index in [4.69, 9.17) is 11.6 Å². The van der Waals surface area contributed by atoms with Gasteiger partial charge in [-0.05, 0) is 56.2 Å². The van der Waals surface area contributed by atoms with Crippen molar-refractivity contribution in [3.8, 4) is 0 Å². The van der Waals surface area contributed by atoms with Gasteiger partial charge in [-0.1, -0.05) is 35.4 Å². The predicted molar refractivity (Wildman–Crippen MR) is 94.6 cm³/mol. The highest BCUT2D eigenvalue weighted by molar-refractivity contribution is 8.00. The molecule has 0 aromatic heterocycles. The fraction of sp³-hybridized carbons (Fsp3) is 0.278. The molecule has 0 unspecified atom stereocenters. The van der Waals surface area contributed by atoms with Gasteiger partial charge in [-0.25, -0.2) is 0 Å². The van der Waals surface area contributed by atoms with Gasteiger partial charge in [-0.2, -0.15) is 0 Å². The van der Waals surface area contributed by atoms with Gasteiger partial charge >= 0.3 is 0 Å². The Bertz CT molecular complexity index is 655. The van der Waals surface area contributed by atoms with Gasteiger partial charge in [0.05, 0.1) is 11.8 Å². The van der Waals surface area contributed by atoms with Crippen molar-refractivity contribution < 1.29 is 4.79 Å². The number of amides is 1. The Hall–Kier alpha value is -1.45. The van der Waals surface area contributed by atoms with E-state index >= 15 is 0 Å². The van der Waals surface area contributed by atoms with Crippen LogP contribution in [0.5, 0.6) is 0 Å². The zero-order valence-corrected chi connectivity index (χ0v) is 14.6. The largest absolute Gasteiger partial charge is 0.349 e. The summed E-state index contributed by atoms with van der Waals surface area (Å²) >= 11 is 7.36. The number of benzene rings is 2. The second-order valence-corrected chi connectivity index (χ2v) is 6.88. The number of carbonyl (C=O) groups excluding carboxylic acids is 1. The van der Waals surface area contributed by atoms with Gasteiger partial charge in [0.1, 0.15) is 0 Å². The second-order valence-electron chi connectivity index (χ2n) is 5.39. The Labute approximate surface area is 141 Å². The first-order valence-corrected chi connectivity index (χ1v) is 8.57. The first kappa shape index (κ1) is 16.9. The SMILES string of the molecule is Cc1ccc(C)c([C@@H](C)NC(=O)CSc2ccc(Cl)cc2)c1. The summed E-state index contributed by atoms with van der Waals surface area (Å²) < 4.78 is 0. The van der Waals surface area contributed by atoms with Gasteiger partial charge < -0.3 is 5.32 Å². The van der Waals surface area contributed by atoms with Crippen molar-refractivity contribution in [1.82, 2.24) is 5.32 Å². The number of aryl methyl sites for hydroxylation is 2. The molecule has 2 aromatic rings. The van der Waals surface area contributed by atoms with E-state index in [1.807, 2.05) is 31.2 Å². The van der Waals surface area contributed by atoms with E-state index in [1.54, 1.807) is 0 Å². The zero-order valence-electron chi connectivity index (χ0n) is 13.0. The summed E-state index contributed by atoms with van der Waals surface area (Å²) in [4.78, 5) is 13.1. The summed E-state index contributed by atoms with van der Waals surface area (Å²) in [6, 6.07) is 13.8. The fourth-order valence-electron chi connectivity index (χ4n) is 2.27. The van der Waals surface area contributed by atoms with Crippen LogP contribution in [-0.2, 0) is 4.79 Å². The van der Waals surface area contributed by atoms with E-state index in [9.17, 15) is 4.79 Å². The topological polar surface area (TPSA) is 29.1 Å². The van der Waals surface area contributed by atoms with Crippen LogP contribution in [0.4, 0.5) is 0 Å². The van der Waals surface area contributed by atoms with Crippen molar-refractivity contribution in [3.05, 3.63) is 64.2 Å². The lowest BCUT2D eigenvalue weighted by molar-refractivity contribution is -0.119. The first-order chi connectivity index (χ1) is 10.5. The van der Waals surface area contributed by atoms with Gasteiger partial charge in [0.2, 0.25) is 5.91 Å². The van der Waals surface area contributed by atoms with Gasteiger partial charge in [0, 0.05) is 9.92 Å². The average molecular weight is 334 g/mol. The second kappa shape index (κ2) is 7.70. The maximum Gasteiger partial charge on any atom is 0.230 e. The normalized spacial score (nSPS) is 12.0. The molecular weight excluding hydrogens is 314 g/mol. The quantitative estimate of drug-likeness (QED) is 0.786. The molecule has 2 nitrogen and oxygen atoms in total. The van der Waals surface area contributed by atoms with Crippen LogP contribution in [0.25, 0.3) is 0 Å². The monoisotopic (exact) mass is 333 g/mol. The summed E-state index contributed by atoms with van der Waals surface area (Å²) in [5, 5.41) is 3.77. The Kier molecular flexibility index (Phi) is 5.92. The van der Waals surface area contributed by atoms with Crippen molar-refractivity contribution in [2.75, 3.05) is 5.75 Å². The lowest BCUT2D eigenvalue weighted by atomic mass is 10.00. The molecule has 1 atom stereocenters. The number of hydrogen-bond acceptors (Lipinski definition) is 2. The number of nitrogens with one attached hydrogen (secondary N) is 1.